The second kappa shape index (κ2) is 7.18. The molecular weight excluding hydrogens is 292 g/mol. The van der Waals surface area contributed by atoms with Gasteiger partial charge in [-0.1, -0.05) is 60.2 Å². The molecule has 2 aromatic carbocycles. The Kier molecular flexibility index (Phi) is 5.28. The van der Waals surface area contributed by atoms with Gasteiger partial charge >= 0.3 is 0 Å². The fourth-order valence-corrected chi connectivity index (χ4v) is 2.45. The Morgan fingerprint density at radius 2 is 1.77 bits per heavy atom. The number of rotatable bonds is 3. The van der Waals surface area contributed by atoms with Crippen molar-refractivity contribution in [2.24, 2.45) is 0 Å². The molecule has 1 unspecified atom stereocenters. The van der Waals surface area contributed by atoms with Crippen molar-refractivity contribution >= 4 is 28.8 Å². The molecule has 0 heterocycles. The first-order chi connectivity index (χ1) is 10.5. The molecule has 0 bridgehead atoms. The largest absolute Gasteiger partial charge is 0.365 e. The minimum absolute atomic E-state index is 0.0152. The van der Waals surface area contributed by atoms with Crippen molar-refractivity contribution in [1.82, 2.24) is 5.32 Å². The third kappa shape index (κ3) is 4.15. The van der Waals surface area contributed by atoms with E-state index in [4.69, 9.17) is 12.2 Å². The van der Waals surface area contributed by atoms with Crippen LogP contribution in [0.15, 0.2) is 48.5 Å². The minimum Gasteiger partial charge on any atom is -0.365 e. The van der Waals surface area contributed by atoms with Crippen molar-refractivity contribution in [3.8, 4) is 0 Å². The van der Waals surface area contributed by atoms with Gasteiger partial charge in [-0.3, -0.25) is 4.79 Å². The minimum atomic E-state index is -0.287. The average molecular weight is 312 g/mol. The van der Waals surface area contributed by atoms with Crippen LogP contribution in [0.5, 0.6) is 0 Å². The molecular formula is C18H20N2OS. The van der Waals surface area contributed by atoms with Gasteiger partial charge in [0.2, 0.25) is 0 Å². The van der Waals surface area contributed by atoms with E-state index < -0.39 is 0 Å². The number of amides is 1. The number of carbonyl (C=O) groups excluding carboxylic acids is 1. The molecule has 0 aliphatic rings. The molecule has 0 spiro atoms. The Balaban J connectivity index is 1.99. The lowest BCUT2D eigenvalue weighted by molar-refractivity contribution is -0.110. The van der Waals surface area contributed by atoms with E-state index in [1.54, 1.807) is 0 Å². The van der Waals surface area contributed by atoms with Crippen LogP contribution in [0.25, 0.3) is 0 Å². The highest BCUT2D eigenvalue weighted by atomic mass is 32.1. The van der Waals surface area contributed by atoms with Crippen molar-refractivity contribution in [3.63, 3.8) is 0 Å². The number of anilines is 1. The van der Waals surface area contributed by atoms with E-state index in [-0.39, 0.29) is 16.9 Å². The van der Waals surface area contributed by atoms with Crippen LogP contribution in [-0.4, -0.2) is 10.9 Å². The van der Waals surface area contributed by atoms with Crippen molar-refractivity contribution in [2.45, 2.75) is 26.8 Å². The lowest BCUT2D eigenvalue weighted by Gasteiger charge is -2.16. The van der Waals surface area contributed by atoms with Crippen LogP contribution >= 0.6 is 12.2 Å². The molecule has 0 saturated heterocycles. The first-order valence-electron chi connectivity index (χ1n) is 7.21. The smallest absolute Gasteiger partial charge is 0.283 e. The topological polar surface area (TPSA) is 41.1 Å². The van der Waals surface area contributed by atoms with Gasteiger partial charge in [0.15, 0.2) is 4.99 Å². The van der Waals surface area contributed by atoms with E-state index in [1.807, 2.05) is 69.3 Å². The Morgan fingerprint density at radius 1 is 1.09 bits per heavy atom. The number of benzene rings is 2. The third-order valence-corrected chi connectivity index (χ3v) is 3.79. The molecule has 0 aromatic heterocycles. The molecule has 3 nitrogen and oxygen atoms in total. The van der Waals surface area contributed by atoms with Gasteiger partial charge in [-0.25, -0.2) is 0 Å². The molecule has 114 valence electrons. The maximum absolute atomic E-state index is 12.2. The van der Waals surface area contributed by atoms with Crippen LogP contribution in [0.4, 0.5) is 5.69 Å². The SMILES string of the molecule is Cc1ccc(NC(=O)C(=S)NC(C)c2ccccc2)c(C)c1. The number of nitrogens with one attached hydrogen (secondary N) is 2. The Bertz CT molecular complexity index is 683. The molecule has 4 heteroatoms. The summed E-state index contributed by atoms with van der Waals surface area (Å²) in [6.07, 6.45) is 0. The number of thiocarbonyl (C=S) groups is 1. The average Bonchev–Trinajstić information content (AvgIpc) is 2.50. The number of carbonyl (C=O) groups is 1. The quantitative estimate of drug-likeness (QED) is 0.844. The predicted octanol–water partition coefficient (Wildman–Crippen LogP) is 3.92. The van der Waals surface area contributed by atoms with E-state index in [1.165, 1.54) is 0 Å². The van der Waals surface area contributed by atoms with Crippen molar-refractivity contribution in [3.05, 3.63) is 65.2 Å². The van der Waals surface area contributed by atoms with Gasteiger partial charge in [0.1, 0.15) is 0 Å². The Labute approximate surface area is 136 Å². The maximum Gasteiger partial charge on any atom is 0.283 e. The van der Waals surface area contributed by atoms with Gasteiger partial charge < -0.3 is 10.6 Å². The summed E-state index contributed by atoms with van der Waals surface area (Å²) in [6.45, 7) is 5.96. The molecule has 1 amide bonds. The summed E-state index contributed by atoms with van der Waals surface area (Å²) in [5.74, 6) is -0.287. The summed E-state index contributed by atoms with van der Waals surface area (Å²) >= 11 is 5.20. The normalized spacial score (nSPS) is 11.6. The molecule has 1 atom stereocenters. The van der Waals surface area contributed by atoms with Crippen LogP contribution < -0.4 is 10.6 Å². The molecule has 0 fully saturated rings. The fourth-order valence-electron chi connectivity index (χ4n) is 2.22. The van der Waals surface area contributed by atoms with Crippen molar-refractivity contribution in [1.29, 1.82) is 0 Å². The highest BCUT2D eigenvalue weighted by molar-refractivity contribution is 7.82. The van der Waals surface area contributed by atoms with Crippen LogP contribution in [0.1, 0.15) is 29.7 Å². The first-order valence-corrected chi connectivity index (χ1v) is 7.62. The zero-order valence-corrected chi connectivity index (χ0v) is 13.8. The van der Waals surface area contributed by atoms with E-state index >= 15 is 0 Å². The van der Waals surface area contributed by atoms with E-state index in [0.717, 1.165) is 22.4 Å². The molecule has 22 heavy (non-hydrogen) atoms. The van der Waals surface area contributed by atoms with Crippen molar-refractivity contribution in [2.75, 3.05) is 5.32 Å². The summed E-state index contributed by atoms with van der Waals surface area (Å²) in [5.41, 5.74) is 4.05. The van der Waals surface area contributed by atoms with E-state index in [2.05, 4.69) is 10.6 Å². The van der Waals surface area contributed by atoms with Gasteiger partial charge in [0.25, 0.3) is 5.91 Å². The summed E-state index contributed by atoms with van der Waals surface area (Å²) in [7, 11) is 0. The summed E-state index contributed by atoms with van der Waals surface area (Å²) in [6, 6.07) is 15.8. The first kappa shape index (κ1) is 16.2. The Morgan fingerprint density at radius 3 is 2.41 bits per heavy atom. The molecule has 0 radical (unpaired) electrons. The van der Waals surface area contributed by atoms with Gasteiger partial charge in [-0.05, 0) is 38.0 Å². The van der Waals surface area contributed by atoms with Gasteiger partial charge in [-0.2, -0.15) is 0 Å². The van der Waals surface area contributed by atoms with Crippen LogP contribution in [-0.2, 0) is 4.79 Å². The zero-order valence-electron chi connectivity index (χ0n) is 13.0. The number of hydrogen-bond donors (Lipinski definition) is 2. The second-order valence-electron chi connectivity index (χ2n) is 5.38. The summed E-state index contributed by atoms with van der Waals surface area (Å²) in [4.78, 5) is 12.4. The van der Waals surface area contributed by atoms with Crippen LogP contribution in [0.2, 0.25) is 0 Å². The second-order valence-corrected chi connectivity index (χ2v) is 5.79. The van der Waals surface area contributed by atoms with Gasteiger partial charge in [0, 0.05) is 11.7 Å². The number of aryl methyl sites for hydroxylation is 2. The van der Waals surface area contributed by atoms with E-state index in [0.29, 0.717) is 0 Å². The fraction of sp³-hybridized carbons (Fsp3) is 0.222. The standard InChI is InChI=1S/C18H20N2OS/c1-12-9-10-16(13(2)11-12)20-17(21)18(22)19-14(3)15-7-5-4-6-8-15/h4-11,14H,1-3H3,(H,19,22)(H,20,21). The van der Waals surface area contributed by atoms with E-state index in [9.17, 15) is 4.79 Å². The molecule has 0 saturated carbocycles. The van der Waals surface area contributed by atoms with Crippen LogP contribution in [0.3, 0.4) is 0 Å². The molecule has 0 aliphatic heterocycles. The van der Waals surface area contributed by atoms with Crippen molar-refractivity contribution < 1.29 is 4.79 Å². The maximum atomic E-state index is 12.2. The monoisotopic (exact) mass is 312 g/mol. The summed E-state index contributed by atoms with van der Waals surface area (Å²) < 4.78 is 0. The van der Waals surface area contributed by atoms with Gasteiger partial charge in [-0.15, -0.1) is 0 Å². The lowest BCUT2D eigenvalue weighted by Crippen LogP contribution is -2.35. The van der Waals surface area contributed by atoms with Crippen LogP contribution in [0, 0.1) is 13.8 Å². The predicted molar refractivity (Wildman–Crippen MR) is 95.1 cm³/mol. The summed E-state index contributed by atoms with van der Waals surface area (Å²) in [5, 5.41) is 5.92. The molecule has 2 aromatic rings. The highest BCUT2D eigenvalue weighted by Gasteiger charge is 2.14. The lowest BCUT2D eigenvalue weighted by atomic mass is 10.1. The Hall–Kier alpha value is -2.20. The zero-order chi connectivity index (χ0) is 16.1. The number of hydrogen-bond acceptors (Lipinski definition) is 2. The molecule has 0 aliphatic carbocycles. The van der Waals surface area contributed by atoms with Gasteiger partial charge in [0.05, 0.1) is 0 Å². The molecule has 2 N–H and O–H groups in total. The third-order valence-electron chi connectivity index (χ3n) is 3.48. The highest BCUT2D eigenvalue weighted by Crippen LogP contribution is 2.16. The molecule has 2 rings (SSSR count).